The van der Waals surface area contributed by atoms with Crippen LogP contribution in [-0.4, -0.2) is 31.3 Å². The van der Waals surface area contributed by atoms with Gasteiger partial charge in [0, 0.05) is 23.5 Å². The maximum absolute atomic E-state index is 6.10. The summed E-state index contributed by atoms with van der Waals surface area (Å²) in [4.78, 5) is 0. The predicted molar refractivity (Wildman–Crippen MR) is 73.1 cm³/mol. The Hall–Kier alpha value is -0.120. The zero-order valence-corrected chi connectivity index (χ0v) is 12.4. The number of nitrogens with two attached hydrogens (primary N) is 1. The molecule has 1 aliphatic rings. The van der Waals surface area contributed by atoms with Gasteiger partial charge in [-0.2, -0.15) is 0 Å². The van der Waals surface area contributed by atoms with E-state index in [4.69, 9.17) is 10.5 Å². The second kappa shape index (κ2) is 4.87. The number of hydrogen-bond donors (Lipinski definition) is 2. The van der Waals surface area contributed by atoms with Crippen molar-refractivity contribution in [3.63, 3.8) is 0 Å². The third kappa shape index (κ3) is 4.57. The van der Waals surface area contributed by atoms with Crippen LogP contribution < -0.4 is 11.1 Å². The Balaban J connectivity index is 2.49. The van der Waals surface area contributed by atoms with Gasteiger partial charge in [-0.05, 0) is 25.7 Å². The second-order valence-corrected chi connectivity index (χ2v) is 7.75. The Kier molecular flexibility index (Phi) is 4.28. The molecule has 0 aromatic carbocycles. The van der Waals surface area contributed by atoms with Gasteiger partial charge in [0.05, 0.1) is 13.2 Å². The lowest BCUT2D eigenvalue weighted by Crippen LogP contribution is -2.52. The van der Waals surface area contributed by atoms with E-state index in [1.54, 1.807) is 0 Å². The smallest absolute Gasteiger partial charge is 0.0624 e. The first kappa shape index (κ1) is 14.9. The monoisotopic (exact) mass is 242 g/mol. The van der Waals surface area contributed by atoms with E-state index in [1.165, 1.54) is 0 Å². The van der Waals surface area contributed by atoms with E-state index < -0.39 is 0 Å². The normalized spacial score (nSPS) is 30.9. The minimum Gasteiger partial charge on any atom is -0.379 e. The van der Waals surface area contributed by atoms with Gasteiger partial charge in [0.25, 0.3) is 0 Å². The van der Waals surface area contributed by atoms with Crippen molar-refractivity contribution in [1.29, 1.82) is 0 Å². The summed E-state index contributed by atoms with van der Waals surface area (Å²) in [6, 6.07) is 0.153. The molecule has 0 spiro atoms. The lowest BCUT2D eigenvalue weighted by Gasteiger charge is -2.37. The predicted octanol–water partition coefficient (Wildman–Crippen LogP) is 2.15. The van der Waals surface area contributed by atoms with E-state index in [1.807, 2.05) is 0 Å². The van der Waals surface area contributed by atoms with Crippen molar-refractivity contribution >= 4 is 0 Å². The fourth-order valence-corrected chi connectivity index (χ4v) is 2.74. The SMILES string of the molecule is CC(C)(C)CC(C)(C)NCC1(C)COCC1N. The Bertz CT molecular complexity index is 257. The molecule has 0 bridgehead atoms. The van der Waals surface area contributed by atoms with E-state index in [9.17, 15) is 0 Å². The van der Waals surface area contributed by atoms with Crippen LogP contribution >= 0.6 is 0 Å². The van der Waals surface area contributed by atoms with Crippen molar-refractivity contribution in [2.45, 2.75) is 59.5 Å². The highest BCUT2D eigenvalue weighted by atomic mass is 16.5. The van der Waals surface area contributed by atoms with Crippen LogP contribution in [-0.2, 0) is 4.74 Å². The van der Waals surface area contributed by atoms with Crippen molar-refractivity contribution in [2.75, 3.05) is 19.8 Å². The molecule has 17 heavy (non-hydrogen) atoms. The standard InChI is InChI=1S/C14H30N2O/c1-12(2,3)8-13(4,5)16-9-14(6)10-17-7-11(14)15/h11,16H,7-10,15H2,1-6H3. The molecular formula is C14H30N2O. The third-order valence-corrected chi connectivity index (χ3v) is 3.57. The largest absolute Gasteiger partial charge is 0.379 e. The topological polar surface area (TPSA) is 47.3 Å². The fraction of sp³-hybridized carbons (Fsp3) is 1.00. The van der Waals surface area contributed by atoms with Gasteiger partial charge in [-0.25, -0.2) is 0 Å². The summed E-state index contributed by atoms with van der Waals surface area (Å²) in [5, 5.41) is 3.67. The molecule has 1 aliphatic heterocycles. The van der Waals surface area contributed by atoms with Gasteiger partial charge in [0.15, 0.2) is 0 Å². The van der Waals surface area contributed by atoms with Crippen LogP contribution in [0.1, 0.15) is 48.0 Å². The average Bonchev–Trinajstić information content (AvgIpc) is 2.41. The number of rotatable bonds is 4. The minimum atomic E-state index is 0.0785. The molecule has 2 atom stereocenters. The summed E-state index contributed by atoms with van der Waals surface area (Å²) in [7, 11) is 0. The second-order valence-electron chi connectivity index (χ2n) is 7.75. The Labute approximate surface area is 106 Å². The van der Waals surface area contributed by atoms with E-state index in [2.05, 4.69) is 46.9 Å². The lowest BCUT2D eigenvalue weighted by atomic mass is 9.80. The van der Waals surface area contributed by atoms with E-state index in [0.717, 1.165) is 19.6 Å². The Morgan fingerprint density at radius 2 is 1.88 bits per heavy atom. The van der Waals surface area contributed by atoms with E-state index >= 15 is 0 Å². The molecule has 102 valence electrons. The number of ether oxygens (including phenoxy) is 1. The van der Waals surface area contributed by atoms with Crippen LogP contribution in [0.25, 0.3) is 0 Å². The van der Waals surface area contributed by atoms with Gasteiger partial charge in [0.1, 0.15) is 0 Å². The van der Waals surface area contributed by atoms with Crippen LogP contribution in [0.3, 0.4) is 0 Å². The van der Waals surface area contributed by atoms with Crippen molar-refractivity contribution in [2.24, 2.45) is 16.6 Å². The van der Waals surface area contributed by atoms with E-state index in [-0.39, 0.29) is 17.0 Å². The summed E-state index contributed by atoms with van der Waals surface area (Å²) in [6.45, 7) is 16.0. The molecule has 0 aliphatic carbocycles. The minimum absolute atomic E-state index is 0.0785. The molecule has 1 fully saturated rings. The molecule has 0 saturated carbocycles. The van der Waals surface area contributed by atoms with Gasteiger partial charge in [-0.15, -0.1) is 0 Å². The molecule has 0 aromatic heterocycles. The summed E-state index contributed by atoms with van der Waals surface area (Å²) >= 11 is 0. The highest BCUT2D eigenvalue weighted by Crippen LogP contribution is 2.30. The third-order valence-electron chi connectivity index (χ3n) is 3.57. The first-order chi connectivity index (χ1) is 7.54. The lowest BCUT2D eigenvalue weighted by molar-refractivity contribution is 0.146. The van der Waals surface area contributed by atoms with Gasteiger partial charge in [-0.3, -0.25) is 0 Å². The number of hydrogen-bond acceptors (Lipinski definition) is 3. The van der Waals surface area contributed by atoms with Crippen molar-refractivity contribution in [3.8, 4) is 0 Å². The highest BCUT2D eigenvalue weighted by molar-refractivity contribution is 4.94. The van der Waals surface area contributed by atoms with Crippen molar-refractivity contribution in [3.05, 3.63) is 0 Å². The molecule has 1 rings (SSSR count). The summed E-state index contributed by atoms with van der Waals surface area (Å²) < 4.78 is 5.47. The van der Waals surface area contributed by atoms with Crippen molar-refractivity contribution in [1.82, 2.24) is 5.32 Å². The molecule has 3 heteroatoms. The molecule has 3 nitrogen and oxygen atoms in total. The zero-order valence-electron chi connectivity index (χ0n) is 12.4. The maximum atomic E-state index is 6.10. The molecule has 0 amide bonds. The summed E-state index contributed by atoms with van der Waals surface area (Å²) in [6.07, 6.45) is 1.15. The molecule has 2 unspecified atom stereocenters. The molecule has 0 radical (unpaired) electrons. The molecule has 1 saturated heterocycles. The Morgan fingerprint density at radius 3 is 2.29 bits per heavy atom. The molecule has 0 aromatic rings. The zero-order chi connectivity index (χ0) is 13.3. The fourth-order valence-electron chi connectivity index (χ4n) is 2.74. The van der Waals surface area contributed by atoms with Crippen LogP contribution in [0.2, 0.25) is 0 Å². The van der Waals surface area contributed by atoms with Crippen molar-refractivity contribution < 1.29 is 4.74 Å². The molecular weight excluding hydrogens is 212 g/mol. The van der Waals surface area contributed by atoms with E-state index in [0.29, 0.717) is 12.0 Å². The van der Waals surface area contributed by atoms with Gasteiger partial charge < -0.3 is 15.8 Å². The first-order valence-electron chi connectivity index (χ1n) is 6.63. The quantitative estimate of drug-likeness (QED) is 0.794. The number of nitrogens with one attached hydrogen (secondary N) is 1. The van der Waals surface area contributed by atoms with Gasteiger partial charge >= 0.3 is 0 Å². The Morgan fingerprint density at radius 1 is 1.29 bits per heavy atom. The average molecular weight is 242 g/mol. The van der Waals surface area contributed by atoms with Crippen LogP contribution in [0.15, 0.2) is 0 Å². The van der Waals surface area contributed by atoms with Gasteiger partial charge in [0.2, 0.25) is 0 Å². The summed E-state index contributed by atoms with van der Waals surface area (Å²) in [5.41, 5.74) is 6.66. The molecule has 3 N–H and O–H groups in total. The first-order valence-corrected chi connectivity index (χ1v) is 6.63. The highest BCUT2D eigenvalue weighted by Gasteiger charge is 2.38. The van der Waals surface area contributed by atoms with Crippen LogP contribution in [0.4, 0.5) is 0 Å². The summed E-state index contributed by atoms with van der Waals surface area (Å²) in [5.74, 6) is 0. The molecule has 1 heterocycles. The van der Waals surface area contributed by atoms with Gasteiger partial charge in [-0.1, -0.05) is 27.7 Å². The van der Waals surface area contributed by atoms with Crippen LogP contribution in [0, 0.1) is 10.8 Å². The van der Waals surface area contributed by atoms with Crippen LogP contribution in [0.5, 0.6) is 0 Å². The maximum Gasteiger partial charge on any atom is 0.0624 e.